The van der Waals surface area contributed by atoms with Crippen molar-refractivity contribution in [1.29, 1.82) is 0 Å². The van der Waals surface area contributed by atoms with E-state index >= 15 is 0 Å². The van der Waals surface area contributed by atoms with Gasteiger partial charge in [-0.05, 0) is 25.8 Å². The van der Waals surface area contributed by atoms with Crippen molar-refractivity contribution in [3.8, 4) is 0 Å². The molecule has 0 radical (unpaired) electrons. The fourth-order valence-electron chi connectivity index (χ4n) is 0.990. The third-order valence-corrected chi connectivity index (χ3v) is 1.81. The van der Waals surface area contributed by atoms with Gasteiger partial charge in [0, 0.05) is 0 Å². The van der Waals surface area contributed by atoms with E-state index in [4.69, 9.17) is 10.8 Å². The van der Waals surface area contributed by atoms with Crippen molar-refractivity contribution in [1.82, 2.24) is 5.32 Å². The van der Waals surface area contributed by atoms with Crippen molar-refractivity contribution >= 4 is 41.4 Å². The average molecular weight is 266 g/mol. The van der Waals surface area contributed by atoms with E-state index in [1.54, 1.807) is 0 Å². The Kier molecular flexibility index (Phi) is 9.78. The molecule has 0 aromatic rings. The second-order valence-electron chi connectivity index (χ2n) is 3.15. The van der Waals surface area contributed by atoms with E-state index < -0.39 is 24.1 Å². The summed E-state index contributed by atoms with van der Waals surface area (Å²) in [5, 5.41) is 9.98. The number of hydrogen-bond acceptors (Lipinski definition) is 3. The summed E-state index contributed by atoms with van der Waals surface area (Å²) in [6.07, 6.45) is -4.31. The number of unbranched alkanes of at least 4 members (excludes halogenated alkanes) is 1. The molecule has 5 nitrogen and oxygen atoms in total. The van der Waals surface area contributed by atoms with Gasteiger partial charge in [-0.15, -0.1) is 0 Å². The van der Waals surface area contributed by atoms with Gasteiger partial charge < -0.3 is 16.2 Å². The Morgan fingerprint density at radius 3 is 2.18 bits per heavy atom. The fourth-order valence-corrected chi connectivity index (χ4v) is 0.990. The normalized spacial score (nSPS) is 12.5. The summed E-state index contributed by atoms with van der Waals surface area (Å²) in [5.74, 6) is -3.73. The summed E-state index contributed by atoms with van der Waals surface area (Å²) in [7, 11) is 0. The van der Waals surface area contributed by atoms with Gasteiger partial charge in [-0.25, -0.2) is 4.79 Å². The van der Waals surface area contributed by atoms with Crippen LogP contribution >= 0.6 is 0 Å². The van der Waals surface area contributed by atoms with Crippen molar-refractivity contribution in [2.24, 2.45) is 5.73 Å². The monoisotopic (exact) mass is 266 g/mol. The third-order valence-electron chi connectivity index (χ3n) is 1.81. The molecule has 0 heterocycles. The second kappa shape index (κ2) is 8.73. The molecule has 96 valence electrons. The average Bonchev–Trinajstić information content (AvgIpc) is 2.14. The first-order valence-corrected chi connectivity index (χ1v) is 4.59. The molecule has 0 aliphatic rings. The first kappa shape index (κ1) is 19.0. The van der Waals surface area contributed by atoms with Gasteiger partial charge in [-0.3, -0.25) is 4.79 Å². The van der Waals surface area contributed by atoms with Crippen molar-refractivity contribution in [3.63, 3.8) is 0 Å². The van der Waals surface area contributed by atoms with Crippen LogP contribution in [0.1, 0.15) is 19.3 Å². The van der Waals surface area contributed by atoms with Crippen molar-refractivity contribution < 1.29 is 27.9 Å². The van der Waals surface area contributed by atoms with E-state index in [9.17, 15) is 22.8 Å². The Labute approximate surface area is 118 Å². The molecule has 0 spiro atoms. The molecule has 0 fully saturated rings. The predicted molar refractivity (Wildman–Crippen MR) is 55.7 cm³/mol. The Bertz CT molecular complexity index is 261. The van der Waals surface area contributed by atoms with Crippen LogP contribution in [0.5, 0.6) is 0 Å². The van der Waals surface area contributed by atoms with Crippen molar-refractivity contribution in [2.75, 3.05) is 6.54 Å². The van der Waals surface area contributed by atoms with Crippen LogP contribution < -0.4 is 11.1 Å². The summed E-state index contributed by atoms with van der Waals surface area (Å²) in [6.45, 7) is 0.319. The van der Waals surface area contributed by atoms with E-state index in [1.165, 1.54) is 5.32 Å². The minimum atomic E-state index is -5.07. The van der Waals surface area contributed by atoms with E-state index in [0.717, 1.165) is 0 Å². The van der Waals surface area contributed by atoms with E-state index in [2.05, 4.69) is 0 Å². The number of alkyl halides is 3. The van der Waals surface area contributed by atoms with Gasteiger partial charge in [-0.2, -0.15) is 13.2 Å². The molecular formula is C8H14F3N2NaO3. The molecule has 0 aliphatic carbocycles. The number of nitrogens with two attached hydrogens (primary N) is 1. The number of rotatable bonds is 6. The molecule has 9 heteroatoms. The zero-order valence-corrected chi connectivity index (χ0v) is 8.38. The molecule has 17 heavy (non-hydrogen) atoms. The summed E-state index contributed by atoms with van der Waals surface area (Å²) >= 11 is 0. The van der Waals surface area contributed by atoms with E-state index in [0.29, 0.717) is 19.4 Å². The standard InChI is InChI=1S/C8H13F3N2O3.Na.H/c9-8(10,11)7(16)13-5(6(14)15)3-1-2-4-12;;/h5H,1-4,12H2,(H,13,16)(H,14,15);;/t5-;;/m0../s1. The van der Waals surface area contributed by atoms with Crippen LogP contribution in [0.25, 0.3) is 0 Å². The number of carboxylic acids is 1. The van der Waals surface area contributed by atoms with Gasteiger partial charge in [0.05, 0.1) is 0 Å². The van der Waals surface area contributed by atoms with E-state index in [1.807, 2.05) is 0 Å². The molecule has 0 bridgehead atoms. The minimum absolute atomic E-state index is 0. The van der Waals surface area contributed by atoms with Crippen molar-refractivity contribution in [3.05, 3.63) is 0 Å². The number of carbonyl (C=O) groups is 2. The van der Waals surface area contributed by atoms with Gasteiger partial charge in [0.25, 0.3) is 0 Å². The number of carbonyl (C=O) groups excluding carboxylic acids is 1. The van der Waals surface area contributed by atoms with Crippen LogP contribution in [0.2, 0.25) is 0 Å². The van der Waals surface area contributed by atoms with Crippen LogP contribution in [0.4, 0.5) is 13.2 Å². The number of hydrogen-bond donors (Lipinski definition) is 3. The number of halogens is 3. The van der Waals surface area contributed by atoms with Gasteiger partial charge in [-0.1, -0.05) is 0 Å². The quantitative estimate of drug-likeness (QED) is 0.450. The SMILES string of the molecule is NCCCC[C@H](NC(=O)C(F)(F)F)C(=O)O.[NaH]. The molecule has 0 aromatic heterocycles. The van der Waals surface area contributed by atoms with Gasteiger partial charge in [0.15, 0.2) is 0 Å². The van der Waals surface area contributed by atoms with Crippen LogP contribution in [0.3, 0.4) is 0 Å². The van der Waals surface area contributed by atoms with Crippen LogP contribution in [-0.4, -0.2) is 65.3 Å². The summed E-state index contributed by atoms with van der Waals surface area (Å²) in [4.78, 5) is 21.0. The second-order valence-corrected chi connectivity index (χ2v) is 3.15. The van der Waals surface area contributed by atoms with Gasteiger partial charge >= 0.3 is 47.6 Å². The summed E-state index contributed by atoms with van der Waals surface area (Å²) < 4.78 is 35.5. The molecule has 0 saturated carbocycles. The molecule has 0 aliphatic heterocycles. The molecule has 1 amide bonds. The van der Waals surface area contributed by atoms with Crippen LogP contribution in [-0.2, 0) is 9.59 Å². The molecule has 0 aromatic carbocycles. The number of nitrogens with one attached hydrogen (secondary N) is 1. The summed E-state index contributed by atoms with van der Waals surface area (Å²) in [5.41, 5.74) is 5.15. The van der Waals surface area contributed by atoms with Crippen molar-refractivity contribution in [2.45, 2.75) is 31.5 Å². The zero-order chi connectivity index (χ0) is 12.8. The van der Waals surface area contributed by atoms with E-state index in [-0.39, 0.29) is 36.0 Å². The van der Waals surface area contributed by atoms with Gasteiger partial charge in [0.1, 0.15) is 6.04 Å². The van der Waals surface area contributed by atoms with Crippen LogP contribution in [0.15, 0.2) is 0 Å². The zero-order valence-electron chi connectivity index (χ0n) is 8.38. The molecule has 0 saturated heterocycles. The third kappa shape index (κ3) is 8.42. The molecule has 1 atom stereocenters. The fraction of sp³-hybridized carbons (Fsp3) is 0.750. The molecule has 4 N–H and O–H groups in total. The first-order chi connectivity index (χ1) is 7.29. The first-order valence-electron chi connectivity index (χ1n) is 4.59. The predicted octanol–water partition coefficient (Wildman–Crippen LogP) is -0.401. The number of aliphatic carboxylic acids is 1. The van der Waals surface area contributed by atoms with Crippen LogP contribution in [0, 0.1) is 0 Å². The maximum atomic E-state index is 11.8. The molecule has 0 rings (SSSR count). The number of amides is 1. The Hall–Kier alpha value is -0.310. The number of carboxylic acid groups (broad SMARTS) is 1. The Balaban J connectivity index is 0. The Morgan fingerprint density at radius 2 is 1.82 bits per heavy atom. The molecular weight excluding hydrogens is 252 g/mol. The van der Waals surface area contributed by atoms with Gasteiger partial charge in [0.2, 0.25) is 0 Å². The Morgan fingerprint density at radius 1 is 1.29 bits per heavy atom. The molecule has 0 unspecified atom stereocenters. The maximum absolute atomic E-state index is 11.8. The topological polar surface area (TPSA) is 92.4 Å². The summed E-state index contributed by atoms with van der Waals surface area (Å²) in [6, 6.07) is -1.53.